The minimum Gasteiger partial charge on any atom is -0.338 e. The fourth-order valence-electron chi connectivity index (χ4n) is 3.37. The van der Waals surface area contributed by atoms with Crippen molar-refractivity contribution >= 4 is 29.1 Å². The number of likely N-dealkylation sites (tertiary alicyclic amines) is 1. The number of halogens is 1. The highest BCUT2D eigenvalue weighted by molar-refractivity contribution is 5.85. The third-order valence-corrected chi connectivity index (χ3v) is 4.57. The average molecular weight is 367 g/mol. The number of carbonyl (C=O) groups is 1. The van der Waals surface area contributed by atoms with E-state index in [0.29, 0.717) is 10.8 Å². The molecule has 25 heavy (non-hydrogen) atoms. The van der Waals surface area contributed by atoms with Crippen molar-refractivity contribution in [3.63, 3.8) is 0 Å². The lowest BCUT2D eigenvalue weighted by atomic mass is 10.2. The number of nitrogens with one attached hydrogen (secondary N) is 2. The first-order chi connectivity index (χ1) is 11.6. The van der Waals surface area contributed by atoms with Crippen LogP contribution in [0.1, 0.15) is 19.3 Å². The molecule has 1 amide bonds. The van der Waals surface area contributed by atoms with E-state index in [1.165, 1.54) is 4.68 Å². The quantitative estimate of drug-likeness (QED) is 0.816. The lowest BCUT2D eigenvalue weighted by Gasteiger charge is -2.24. The smallest absolute Gasteiger partial charge is 0.273 e. The number of hydrogen-bond donors (Lipinski definition) is 2. The molecule has 1 aromatic carbocycles. The van der Waals surface area contributed by atoms with Gasteiger partial charge in [0.15, 0.2) is 0 Å². The summed E-state index contributed by atoms with van der Waals surface area (Å²) in [5.41, 5.74) is -0.585. The summed E-state index contributed by atoms with van der Waals surface area (Å²) in [6.45, 7) is 1.72. The number of fused-ring (bicyclic) bond motifs is 1. The van der Waals surface area contributed by atoms with Crippen LogP contribution in [0.15, 0.2) is 33.9 Å². The van der Waals surface area contributed by atoms with Crippen molar-refractivity contribution in [2.24, 2.45) is 0 Å². The van der Waals surface area contributed by atoms with Gasteiger partial charge in [0.05, 0.1) is 17.3 Å². The monoisotopic (exact) mass is 366 g/mol. The van der Waals surface area contributed by atoms with Crippen molar-refractivity contribution in [3.05, 3.63) is 45.0 Å². The predicted molar refractivity (Wildman–Crippen MR) is 99.4 cm³/mol. The van der Waals surface area contributed by atoms with E-state index in [9.17, 15) is 14.4 Å². The minimum absolute atomic E-state index is 0. The van der Waals surface area contributed by atoms with E-state index in [4.69, 9.17) is 0 Å². The first-order valence-electron chi connectivity index (χ1n) is 8.27. The summed E-state index contributed by atoms with van der Waals surface area (Å²) in [6.07, 6.45) is 2.21. The van der Waals surface area contributed by atoms with Gasteiger partial charge in [-0.05, 0) is 32.0 Å². The highest BCUT2D eigenvalue weighted by Crippen LogP contribution is 2.17. The maximum Gasteiger partial charge on any atom is 0.273 e. The molecule has 1 aromatic heterocycles. The molecule has 2 heterocycles. The van der Waals surface area contributed by atoms with Gasteiger partial charge in [-0.3, -0.25) is 19.5 Å². The van der Waals surface area contributed by atoms with E-state index in [2.05, 4.69) is 10.4 Å². The lowest BCUT2D eigenvalue weighted by Crippen LogP contribution is -2.41. The van der Waals surface area contributed by atoms with Crippen molar-refractivity contribution in [2.45, 2.75) is 31.8 Å². The second-order valence-electron chi connectivity index (χ2n) is 6.13. The molecule has 0 bridgehead atoms. The van der Waals surface area contributed by atoms with Crippen LogP contribution in [-0.4, -0.2) is 46.8 Å². The Balaban J connectivity index is 0.00000225. The van der Waals surface area contributed by atoms with E-state index in [-0.39, 0.29) is 48.4 Å². The van der Waals surface area contributed by atoms with Crippen LogP contribution in [0.4, 0.5) is 0 Å². The molecule has 8 heteroatoms. The number of rotatable bonds is 5. The summed E-state index contributed by atoms with van der Waals surface area (Å²) in [5.74, 6) is 0.0219. The van der Waals surface area contributed by atoms with Crippen molar-refractivity contribution in [2.75, 3.05) is 20.1 Å². The standard InChI is InChI=1S/C17H22N4O3.ClH/c1-18-11-12-5-4-9-20(12)15(22)8-10-21-17(24)14-7-3-2-6-13(14)16(23)19-21;/h2-3,6-7,12,18H,4-5,8-11H2,1H3,(H,19,23);1H. The number of nitrogens with zero attached hydrogens (tertiary/aromatic N) is 2. The van der Waals surface area contributed by atoms with Crippen LogP contribution in [0.25, 0.3) is 10.8 Å². The zero-order valence-electron chi connectivity index (χ0n) is 14.2. The molecule has 136 valence electrons. The van der Waals surface area contributed by atoms with E-state index < -0.39 is 0 Å². The third kappa shape index (κ3) is 3.93. The molecule has 2 N–H and O–H groups in total. The Kier molecular flexibility index (Phi) is 6.39. The molecule has 0 radical (unpaired) electrons. The third-order valence-electron chi connectivity index (χ3n) is 4.57. The summed E-state index contributed by atoms with van der Waals surface area (Å²) in [4.78, 5) is 38.8. The number of hydrogen-bond acceptors (Lipinski definition) is 4. The number of H-pyrrole nitrogens is 1. The normalized spacial score (nSPS) is 16.8. The molecule has 1 aliphatic rings. The number of aromatic nitrogens is 2. The minimum atomic E-state index is -0.313. The van der Waals surface area contributed by atoms with Crippen molar-refractivity contribution in [1.29, 1.82) is 0 Å². The Morgan fingerprint density at radius 1 is 1.28 bits per heavy atom. The summed E-state index contributed by atoms with van der Waals surface area (Å²) in [7, 11) is 1.88. The van der Waals surface area contributed by atoms with Gasteiger partial charge in [-0.2, -0.15) is 0 Å². The molecule has 1 aliphatic heterocycles. The molecule has 1 atom stereocenters. The van der Waals surface area contributed by atoms with Gasteiger partial charge in [-0.15, -0.1) is 12.4 Å². The van der Waals surface area contributed by atoms with Gasteiger partial charge in [0.1, 0.15) is 0 Å². The van der Waals surface area contributed by atoms with E-state index in [1.807, 2.05) is 11.9 Å². The summed E-state index contributed by atoms with van der Waals surface area (Å²) < 4.78 is 1.24. The Bertz CT molecular complexity index is 861. The van der Waals surface area contributed by atoms with Crippen LogP contribution in [0.3, 0.4) is 0 Å². The zero-order valence-corrected chi connectivity index (χ0v) is 15.0. The number of amides is 1. The Morgan fingerprint density at radius 3 is 2.72 bits per heavy atom. The molecule has 1 fully saturated rings. The molecular formula is C17H23ClN4O3. The molecule has 7 nitrogen and oxygen atoms in total. The van der Waals surface area contributed by atoms with E-state index >= 15 is 0 Å². The molecule has 0 saturated carbocycles. The maximum atomic E-state index is 12.5. The Hall–Kier alpha value is -2.12. The zero-order chi connectivity index (χ0) is 17.1. The average Bonchev–Trinajstić information content (AvgIpc) is 3.05. The first kappa shape index (κ1) is 19.2. The molecule has 1 saturated heterocycles. The number of likely N-dealkylation sites (N-methyl/N-ethyl adjacent to an activating group) is 1. The highest BCUT2D eigenvalue weighted by atomic mass is 35.5. The lowest BCUT2D eigenvalue weighted by molar-refractivity contribution is -0.132. The second-order valence-corrected chi connectivity index (χ2v) is 6.13. The molecule has 0 spiro atoms. The van der Waals surface area contributed by atoms with Gasteiger partial charge < -0.3 is 10.2 Å². The SMILES string of the molecule is CNCC1CCCN1C(=O)CCn1[nH]c(=O)c2ccccc2c1=O.Cl. The first-order valence-corrected chi connectivity index (χ1v) is 8.27. The largest absolute Gasteiger partial charge is 0.338 e. The summed E-state index contributed by atoms with van der Waals surface area (Å²) in [6, 6.07) is 6.92. The van der Waals surface area contributed by atoms with Crippen LogP contribution < -0.4 is 16.4 Å². The molecule has 0 aliphatic carbocycles. The number of benzene rings is 1. The summed E-state index contributed by atoms with van der Waals surface area (Å²) >= 11 is 0. The van der Waals surface area contributed by atoms with Crippen LogP contribution in [-0.2, 0) is 11.3 Å². The fraction of sp³-hybridized carbons (Fsp3) is 0.471. The van der Waals surface area contributed by atoms with Gasteiger partial charge in [-0.1, -0.05) is 12.1 Å². The van der Waals surface area contributed by atoms with Gasteiger partial charge >= 0.3 is 0 Å². The molecular weight excluding hydrogens is 344 g/mol. The van der Waals surface area contributed by atoms with Crippen molar-refractivity contribution < 1.29 is 4.79 Å². The summed E-state index contributed by atoms with van der Waals surface area (Å²) in [5, 5.41) is 6.43. The maximum absolute atomic E-state index is 12.5. The highest BCUT2D eigenvalue weighted by Gasteiger charge is 2.27. The topological polar surface area (TPSA) is 87.2 Å². The second kappa shape index (κ2) is 8.31. The van der Waals surface area contributed by atoms with E-state index in [1.54, 1.807) is 24.3 Å². The number of carbonyl (C=O) groups excluding carboxylic acids is 1. The number of aryl methyl sites for hydroxylation is 1. The molecule has 2 aromatic rings. The fourth-order valence-corrected chi connectivity index (χ4v) is 3.37. The van der Waals surface area contributed by atoms with Crippen molar-refractivity contribution in [1.82, 2.24) is 20.0 Å². The Morgan fingerprint density at radius 2 is 2.00 bits per heavy atom. The molecule has 1 unspecified atom stereocenters. The Labute approximate surface area is 151 Å². The van der Waals surface area contributed by atoms with Crippen molar-refractivity contribution in [3.8, 4) is 0 Å². The predicted octanol–water partition coefficient (Wildman–Crippen LogP) is 0.712. The van der Waals surface area contributed by atoms with Crippen LogP contribution >= 0.6 is 12.4 Å². The van der Waals surface area contributed by atoms with Gasteiger partial charge in [-0.25, -0.2) is 4.68 Å². The van der Waals surface area contributed by atoms with Crippen LogP contribution in [0.5, 0.6) is 0 Å². The number of aromatic amines is 1. The van der Waals surface area contributed by atoms with Crippen LogP contribution in [0, 0.1) is 0 Å². The van der Waals surface area contributed by atoms with Gasteiger partial charge in [0.2, 0.25) is 5.91 Å². The van der Waals surface area contributed by atoms with Gasteiger partial charge in [0, 0.05) is 25.6 Å². The van der Waals surface area contributed by atoms with Gasteiger partial charge in [0.25, 0.3) is 11.1 Å². The van der Waals surface area contributed by atoms with E-state index in [0.717, 1.165) is 25.9 Å². The van der Waals surface area contributed by atoms with Crippen LogP contribution in [0.2, 0.25) is 0 Å². The molecule has 3 rings (SSSR count).